The Morgan fingerprint density at radius 1 is 1.20 bits per heavy atom. The Bertz CT molecular complexity index is 979. The van der Waals surface area contributed by atoms with Gasteiger partial charge in [0.25, 0.3) is 11.5 Å². The molecule has 0 aliphatic rings. The summed E-state index contributed by atoms with van der Waals surface area (Å²) in [4.78, 5) is 28.2. The highest BCUT2D eigenvalue weighted by molar-refractivity contribution is 5.92. The summed E-state index contributed by atoms with van der Waals surface area (Å²) in [7, 11) is 3.21. The zero-order chi connectivity index (χ0) is 18.0. The first-order chi connectivity index (χ1) is 12.0. The second kappa shape index (κ2) is 6.68. The van der Waals surface area contributed by atoms with Crippen LogP contribution < -0.4 is 10.9 Å². The number of hydrogen-bond acceptors (Lipinski definition) is 4. The minimum atomic E-state index is -0.798. The van der Waals surface area contributed by atoms with Gasteiger partial charge in [-0.1, -0.05) is 18.2 Å². The van der Waals surface area contributed by atoms with Crippen LogP contribution in [0.4, 0.5) is 4.39 Å². The summed E-state index contributed by atoms with van der Waals surface area (Å²) < 4.78 is 17.0. The second-order valence-electron chi connectivity index (χ2n) is 5.50. The predicted molar refractivity (Wildman–Crippen MR) is 88.4 cm³/mol. The summed E-state index contributed by atoms with van der Waals surface area (Å²) in [6.07, 6.45) is 3.28. The molecule has 0 aliphatic heterocycles. The minimum absolute atomic E-state index is 0.0534. The van der Waals surface area contributed by atoms with E-state index in [-0.39, 0.29) is 16.8 Å². The normalized spacial score (nSPS) is 12.0. The van der Waals surface area contributed by atoms with Crippen LogP contribution in [0.15, 0.2) is 53.6 Å². The smallest absolute Gasteiger partial charge is 0.272 e. The van der Waals surface area contributed by atoms with Crippen LogP contribution in [0.3, 0.4) is 0 Å². The van der Waals surface area contributed by atoms with E-state index in [1.54, 1.807) is 42.2 Å². The number of aryl methyl sites for hydroxylation is 2. The van der Waals surface area contributed by atoms with Gasteiger partial charge in [-0.2, -0.15) is 5.10 Å². The van der Waals surface area contributed by atoms with Crippen LogP contribution in [-0.2, 0) is 14.1 Å². The number of benzene rings is 1. The van der Waals surface area contributed by atoms with Gasteiger partial charge in [-0.25, -0.2) is 14.1 Å². The van der Waals surface area contributed by atoms with Crippen LogP contribution >= 0.6 is 0 Å². The first-order valence-electron chi connectivity index (χ1n) is 7.54. The molecule has 0 saturated heterocycles. The Morgan fingerprint density at radius 2 is 1.96 bits per heavy atom. The highest BCUT2D eigenvalue weighted by atomic mass is 19.1. The van der Waals surface area contributed by atoms with Gasteiger partial charge in [0.1, 0.15) is 23.4 Å². The fraction of sp³-hybridized carbons (Fsp3) is 0.176. The largest absolute Gasteiger partial charge is 0.336 e. The molecule has 7 nitrogen and oxygen atoms in total. The van der Waals surface area contributed by atoms with Gasteiger partial charge in [0.2, 0.25) is 0 Å². The Labute approximate surface area is 142 Å². The van der Waals surface area contributed by atoms with Crippen LogP contribution in [0.2, 0.25) is 0 Å². The maximum atomic E-state index is 14.3. The van der Waals surface area contributed by atoms with E-state index in [4.69, 9.17) is 0 Å². The first kappa shape index (κ1) is 16.6. The monoisotopic (exact) mass is 341 g/mol. The van der Waals surface area contributed by atoms with Gasteiger partial charge in [-0.3, -0.25) is 9.59 Å². The van der Waals surface area contributed by atoms with Gasteiger partial charge in [-0.05, 0) is 12.1 Å². The van der Waals surface area contributed by atoms with Crippen molar-refractivity contribution in [2.75, 3.05) is 0 Å². The molecule has 0 radical (unpaired) electrons. The lowest BCUT2D eigenvalue weighted by Crippen LogP contribution is -2.33. The molecule has 3 aromatic rings. The SMILES string of the molecule is Cn1ccnc1[C@H](NC(=O)c1ccc(=O)n(C)n1)c1ccccc1F. The van der Waals surface area contributed by atoms with Gasteiger partial charge in [0.05, 0.1) is 0 Å². The van der Waals surface area contributed by atoms with E-state index in [9.17, 15) is 14.0 Å². The molecular formula is C17H16FN5O2. The Morgan fingerprint density at radius 3 is 2.60 bits per heavy atom. The number of imidazole rings is 1. The number of nitrogens with zero attached hydrogens (tertiary/aromatic N) is 4. The molecule has 2 aromatic heterocycles. The predicted octanol–water partition coefficient (Wildman–Crippen LogP) is 1.17. The van der Waals surface area contributed by atoms with Crippen molar-refractivity contribution in [1.29, 1.82) is 0 Å². The molecule has 1 aromatic carbocycles. The lowest BCUT2D eigenvalue weighted by atomic mass is 10.1. The summed E-state index contributed by atoms with van der Waals surface area (Å²) in [5.74, 6) is -0.514. The van der Waals surface area contributed by atoms with E-state index in [0.29, 0.717) is 5.82 Å². The Balaban J connectivity index is 1.99. The zero-order valence-electron chi connectivity index (χ0n) is 13.7. The van der Waals surface area contributed by atoms with Crippen LogP contribution in [0, 0.1) is 5.82 Å². The summed E-state index contributed by atoms with van der Waals surface area (Å²) in [5.41, 5.74) is 0.0129. The number of carbonyl (C=O) groups is 1. The first-order valence-corrected chi connectivity index (χ1v) is 7.54. The van der Waals surface area contributed by atoms with E-state index in [2.05, 4.69) is 15.4 Å². The van der Waals surface area contributed by atoms with Gasteiger partial charge in [0, 0.05) is 38.1 Å². The van der Waals surface area contributed by atoms with Crippen LogP contribution in [0.1, 0.15) is 27.9 Å². The molecule has 0 aliphatic carbocycles. The number of hydrogen-bond donors (Lipinski definition) is 1. The van der Waals surface area contributed by atoms with E-state index in [1.165, 1.54) is 25.2 Å². The van der Waals surface area contributed by atoms with Crippen LogP contribution in [0.25, 0.3) is 0 Å². The molecular weight excluding hydrogens is 325 g/mol. The fourth-order valence-electron chi connectivity index (χ4n) is 2.47. The summed E-state index contributed by atoms with van der Waals surface area (Å²) >= 11 is 0. The molecule has 0 unspecified atom stereocenters. The molecule has 25 heavy (non-hydrogen) atoms. The topological polar surface area (TPSA) is 81.8 Å². The summed E-state index contributed by atoms with van der Waals surface area (Å²) in [6, 6.07) is 7.95. The van der Waals surface area contributed by atoms with Crippen LogP contribution in [-0.4, -0.2) is 25.2 Å². The number of carbonyl (C=O) groups excluding carboxylic acids is 1. The van der Waals surface area contributed by atoms with Gasteiger partial charge in [0.15, 0.2) is 0 Å². The summed E-state index contributed by atoms with van der Waals surface area (Å²) in [6.45, 7) is 0. The van der Waals surface area contributed by atoms with E-state index in [1.807, 2.05) is 0 Å². The molecule has 1 atom stereocenters. The molecule has 0 saturated carbocycles. The van der Waals surface area contributed by atoms with Crippen molar-refractivity contribution in [2.45, 2.75) is 6.04 Å². The third kappa shape index (κ3) is 3.32. The third-order valence-electron chi connectivity index (χ3n) is 3.80. The average Bonchev–Trinajstić information content (AvgIpc) is 3.01. The minimum Gasteiger partial charge on any atom is -0.336 e. The van der Waals surface area contributed by atoms with Crippen molar-refractivity contribution >= 4 is 5.91 Å². The van der Waals surface area contributed by atoms with Crippen molar-refractivity contribution < 1.29 is 9.18 Å². The quantitative estimate of drug-likeness (QED) is 0.772. The molecule has 0 bridgehead atoms. The maximum Gasteiger partial charge on any atom is 0.272 e. The number of nitrogens with one attached hydrogen (secondary N) is 1. The molecule has 0 spiro atoms. The van der Waals surface area contributed by atoms with E-state index in [0.717, 1.165) is 4.68 Å². The van der Waals surface area contributed by atoms with Crippen molar-refractivity contribution in [3.8, 4) is 0 Å². The van der Waals surface area contributed by atoms with Crippen molar-refractivity contribution in [1.82, 2.24) is 24.6 Å². The second-order valence-corrected chi connectivity index (χ2v) is 5.50. The molecule has 3 rings (SSSR count). The zero-order valence-corrected chi connectivity index (χ0v) is 13.7. The molecule has 1 amide bonds. The number of aromatic nitrogens is 4. The lowest BCUT2D eigenvalue weighted by molar-refractivity contribution is 0.0933. The third-order valence-corrected chi connectivity index (χ3v) is 3.80. The fourth-order valence-corrected chi connectivity index (χ4v) is 2.47. The van der Waals surface area contributed by atoms with Gasteiger partial charge in [-0.15, -0.1) is 0 Å². The summed E-state index contributed by atoms with van der Waals surface area (Å²) in [5, 5.41) is 6.66. The lowest BCUT2D eigenvalue weighted by Gasteiger charge is -2.19. The number of rotatable bonds is 4. The average molecular weight is 341 g/mol. The van der Waals surface area contributed by atoms with Crippen molar-refractivity contribution in [3.63, 3.8) is 0 Å². The highest BCUT2D eigenvalue weighted by Crippen LogP contribution is 2.23. The molecule has 0 fully saturated rings. The Hall–Kier alpha value is -3.29. The molecule has 1 N–H and O–H groups in total. The van der Waals surface area contributed by atoms with Crippen LogP contribution in [0.5, 0.6) is 0 Å². The highest BCUT2D eigenvalue weighted by Gasteiger charge is 2.24. The standard InChI is InChI=1S/C17H16FN5O2/c1-22-10-9-19-16(22)15(11-5-3-4-6-12(11)18)20-17(25)13-7-8-14(24)23(2)21-13/h3-10,15H,1-2H3,(H,20,25)/t15-/m1/s1. The molecule has 2 heterocycles. The Kier molecular flexibility index (Phi) is 4.42. The molecule has 128 valence electrons. The van der Waals surface area contributed by atoms with E-state index < -0.39 is 17.8 Å². The van der Waals surface area contributed by atoms with Gasteiger partial charge >= 0.3 is 0 Å². The van der Waals surface area contributed by atoms with Crippen molar-refractivity contribution in [2.24, 2.45) is 14.1 Å². The van der Waals surface area contributed by atoms with Crippen molar-refractivity contribution in [3.05, 3.63) is 82.0 Å². The number of halogens is 1. The molecule has 8 heteroatoms. The van der Waals surface area contributed by atoms with E-state index >= 15 is 0 Å². The number of amides is 1. The maximum absolute atomic E-state index is 14.3. The van der Waals surface area contributed by atoms with Gasteiger partial charge < -0.3 is 9.88 Å².